The van der Waals surface area contributed by atoms with Crippen LogP contribution >= 0.6 is 11.6 Å². The number of amides is 1. The molecule has 4 rings (SSSR count). The second-order valence-corrected chi connectivity index (χ2v) is 7.22. The van der Waals surface area contributed by atoms with Gasteiger partial charge < -0.3 is 15.5 Å². The molecule has 1 fully saturated rings. The van der Waals surface area contributed by atoms with Crippen molar-refractivity contribution < 1.29 is 4.79 Å². The lowest BCUT2D eigenvalue weighted by atomic mass is 10.1. The van der Waals surface area contributed by atoms with E-state index in [4.69, 9.17) is 11.6 Å². The van der Waals surface area contributed by atoms with E-state index in [1.807, 2.05) is 30.3 Å². The topological polar surface area (TPSA) is 88.0 Å². The lowest BCUT2D eigenvalue weighted by Gasteiger charge is -2.37. The quantitative estimate of drug-likeness (QED) is 0.601. The SMILES string of the molecule is O=C(CC1CNCCN1c1cc(Cl)nc(-n2ccnc2)n1)NCc1ccccc1. The number of piperazine rings is 1. The van der Waals surface area contributed by atoms with Gasteiger partial charge in [0.25, 0.3) is 0 Å². The Morgan fingerprint density at radius 2 is 2.14 bits per heavy atom. The molecule has 8 nitrogen and oxygen atoms in total. The van der Waals surface area contributed by atoms with Crippen LogP contribution < -0.4 is 15.5 Å². The Kier molecular flexibility index (Phi) is 6.02. The van der Waals surface area contributed by atoms with Crippen LogP contribution in [0.5, 0.6) is 0 Å². The molecule has 3 heterocycles. The number of nitrogens with zero attached hydrogens (tertiary/aromatic N) is 5. The predicted molar refractivity (Wildman–Crippen MR) is 111 cm³/mol. The van der Waals surface area contributed by atoms with E-state index < -0.39 is 0 Å². The van der Waals surface area contributed by atoms with E-state index in [2.05, 4.69) is 30.5 Å². The molecule has 0 saturated carbocycles. The first-order valence-electron chi connectivity index (χ1n) is 9.50. The first-order chi connectivity index (χ1) is 14.2. The van der Waals surface area contributed by atoms with Gasteiger partial charge in [0, 0.05) is 51.1 Å². The van der Waals surface area contributed by atoms with Crippen LogP contribution in [0.15, 0.2) is 55.1 Å². The zero-order chi connectivity index (χ0) is 20.1. The molecule has 1 atom stereocenters. The Balaban J connectivity index is 1.47. The number of hydrogen-bond donors (Lipinski definition) is 2. The first-order valence-corrected chi connectivity index (χ1v) is 9.88. The average Bonchev–Trinajstić information content (AvgIpc) is 3.28. The minimum absolute atomic E-state index is 0.00235. The van der Waals surface area contributed by atoms with Gasteiger partial charge in [0.05, 0.1) is 6.04 Å². The summed E-state index contributed by atoms with van der Waals surface area (Å²) in [6, 6.07) is 11.6. The number of carbonyl (C=O) groups is 1. The van der Waals surface area contributed by atoms with E-state index >= 15 is 0 Å². The third-order valence-electron chi connectivity index (χ3n) is 4.80. The summed E-state index contributed by atoms with van der Waals surface area (Å²) in [5.41, 5.74) is 1.08. The molecular formula is C20H22ClN7O. The smallest absolute Gasteiger partial charge is 0.238 e. The van der Waals surface area contributed by atoms with Crippen molar-refractivity contribution in [1.29, 1.82) is 0 Å². The molecule has 1 aromatic carbocycles. The standard InChI is InChI=1S/C20H22ClN7O/c21-17-11-18(26-20(25-17)27-8-6-23-14-27)28-9-7-22-13-16(28)10-19(29)24-12-15-4-2-1-3-5-15/h1-6,8,11,14,16,22H,7,9-10,12-13H2,(H,24,29). The van der Waals surface area contributed by atoms with Crippen molar-refractivity contribution >= 4 is 23.3 Å². The highest BCUT2D eigenvalue weighted by molar-refractivity contribution is 6.29. The van der Waals surface area contributed by atoms with Crippen LogP contribution in [0.25, 0.3) is 5.95 Å². The Hall–Kier alpha value is -2.97. The zero-order valence-corrected chi connectivity index (χ0v) is 16.6. The number of nitrogens with one attached hydrogen (secondary N) is 2. The molecule has 1 aliphatic heterocycles. The van der Waals surface area contributed by atoms with Crippen molar-refractivity contribution in [3.05, 3.63) is 65.8 Å². The highest BCUT2D eigenvalue weighted by atomic mass is 35.5. The number of halogens is 1. The van der Waals surface area contributed by atoms with Crippen LogP contribution in [0.1, 0.15) is 12.0 Å². The second-order valence-electron chi connectivity index (χ2n) is 6.84. The number of hydrogen-bond acceptors (Lipinski definition) is 6. The van der Waals surface area contributed by atoms with E-state index in [0.717, 1.165) is 18.7 Å². The van der Waals surface area contributed by atoms with Crippen molar-refractivity contribution in [2.75, 3.05) is 24.5 Å². The lowest BCUT2D eigenvalue weighted by Crippen LogP contribution is -2.53. The molecule has 0 radical (unpaired) electrons. The Morgan fingerprint density at radius 3 is 2.93 bits per heavy atom. The monoisotopic (exact) mass is 411 g/mol. The molecule has 0 bridgehead atoms. The summed E-state index contributed by atoms with van der Waals surface area (Å²) < 4.78 is 1.71. The number of anilines is 1. The van der Waals surface area contributed by atoms with E-state index in [-0.39, 0.29) is 11.9 Å². The minimum Gasteiger partial charge on any atom is -0.352 e. The summed E-state index contributed by atoms with van der Waals surface area (Å²) in [7, 11) is 0. The molecule has 29 heavy (non-hydrogen) atoms. The first kappa shape index (κ1) is 19.4. The second kappa shape index (κ2) is 9.02. The molecule has 1 amide bonds. The number of carbonyl (C=O) groups excluding carboxylic acids is 1. The van der Waals surface area contributed by atoms with Gasteiger partial charge in [-0.15, -0.1) is 0 Å². The summed E-state index contributed by atoms with van der Waals surface area (Å²) in [4.78, 5) is 27.6. The highest BCUT2D eigenvalue weighted by Crippen LogP contribution is 2.22. The summed E-state index contributed by atoms with van der Waals surface area (Å²) in [6.07, 6.45) is 5.42. The minimum atomic E-state index is -0.0267. The van der Waals surface area contributed by atoms with Gasteiger partial charge in [-0.25, -0.2) is 9.97 Å². The van der Waals surface area contributed by atoms with Crippen LogP contribution in [0.2, 0.25) is 5.15 Å². The van der Waals surface area contributed by atoms with Crippen molar-refractivity contribution in [3.63, 3.8) is 0 Å². The van der Waals surface area contributed by atoms with Crippen LogP contribution in [-0.2, 0) is 11.3 Å². The summed E-state index contributed by atoms with van der Waals surface area (Å²) in [5, 5.41) is 6.71. The fourth-order valence-corrected chi connectivity index (χ4v) is 3.53. The van der Waals surface area contributed by atoms with Gasteiger partial charge in [-0.1, -0.05) is 41.9 Å². The van der Waals surface area contributed by atoms with E-state index in [1.165, 1.54) is 0 Å². The third-order valence-corrected chi connectivity index (χ3v) is 5.00. The van der Waals surface area contributed by atoms with Crippen LogP contribution in [0, 0.1) is 0 Å². The largest absolute Gasteiger partial charge is 0.352 e. The molecule has 2 N–H and O–H groups in total. The number of aromatic nitrogens is 4. The molecule has 0 aliphatic carbocycles. The molecule has 9 heteroatoms. The molecule has 150 valence electrons. The van der Waals surface area contributed by atoms with E-state index in [0.29, 0.717) is 36.4 Å². The van der Waals surface area contributed by atoms with Crippen molar-refractivity contribution in [1.82, 2.24) is 30.2 Å². The summed E-state index contributed by atoms with van der Waals surface area (Å²) in [5.74, 6) is 1.16. The van der Waals surface area contributed by atoms with Gasteiger partial charge in [0.1, 0.15) is 17.3 Å². The maximum Gasteiger partial charge on any atom is 0.238 e. The predicted octanol–water partition coefficient (Wildman–Crippen LogP) is 1.80. The van der Waals surface area contributed by atoms with Gasteiger partial charge in [0.15, 0.2) is 0 Å². The molecule has 0 spiro atoms. The Morgan fingerprint density at radius 1 is 1.28 bits per heavy atom. The molecular weight excluding hydrogens is 390 g/mol. The fourth-order valence-electron chi connectivity index (χ4n) is 3.36. The molecule has 1 unspecified atom stereocenters. The number of benzene rings is 1. The van der Waals surface area contributed by atoms with Crippen LogP contribution in [0.4, 0.5) is 5.82 Å². The van der Waals surface area contributed by atoms with Gasteiger partial charge in [-0.3, -0.25) is 9.36 Å². The van der Waals surface area contributed by atoms with Gasteiger partial charge in [-0.05, 0) is 5.56 Å². The van der Waals surface area contributed by atoms with Gasteiger partial charge >= 0.3 is 0 Å². The van der Waals surface area contributed by atoms with E-state index in [9.17, 15) is 4.79 Å². The highest BCUT2D eigenvalue weighted by Gasteiger charge is 2.26. The van der Waals surface area contributed by atoms with Crippen LogP contribution in [-0.4, -0.2) is 51.1 Å². The molecule has 1 saturated heterocycles. The van der Waals surface area contributed by atoms with Crippen molar-refractivity contribution in [2.24, 2.45) is 0 Å². The van der Waals surface area contributed by atoms with Crippen molar-refractivity contribution in [2.45, 2.75) is 19.0 Å². The molecule has 2 aromatic heterocycles. The van der Waals surface area contributed by atoms with Gasteiger partial charge in [-0.2, -0.15) is 4.98 Å². The fraction of sp³-hybridized carbons (Fsp3) is 0.300. The summed E-state index contributed by atoms with van der Waals surface area (Å²) in [6.45, 7) is 2.75. The maximum absolute atomic E-state index is 12.5. The average molecular weight is 412 g/mol. The molecule has 3 aromatic rings. The lowest BCUT2D eigenvalue weighted by molar-refractivity contribution is -0.121. The third kappa shape index (κ3) is 4.90. The number of imidazole rings is 1. The maximum atomic E-state index is 12.5. The zero-order valence-electron chi connectivity index (χ0n) is 15.8. The van der Waals surface area contributed by atoms with Gasteiger partial charge in [0.2, 0.25) is 11.9 Å². The normalized spacial score (nSPS) is 16.6. The summed E-state index contributed by atoms with van der Waals surface area (Å²) >= 11 is 6.25. The van der Waals surface area contributed by atoms with Crippen molar-refractivity contribution in [3.8, 4) is 5.95 Å². The number of rotatable bonds is 6. The van der Waals surface area contributed by atoms with E-state index in [1.54, 1.807) is 29.4 Å². The molecule has 1 aliphatic rings. The Bertz CT molecular complexity index is 949. The van der Waals surface area contributed by atoms with Crippen LogP contribution in [0.3, 0.4) is 0 Å². The Labute approximate surface area is 173 Å².